The fourth-order valence-electron chi connectivity index (χ4n) is 2.63. The van der Waals surface area contributed by atoms with Crippen molar-refractivity contribution in [3.05, 3.63) is 89.4 Å². The predicted octanol–water partition coefficient (Wildman–Crippen LogP) is 4.29. The average Bonchev–Trinajstić information content (AvgIpc) is 2.56. The Balaban J connectivity index is 2.30. The van der Waals surface area contributed by atoms with Crippen LogP contribution in [0.1, 0.15) is 5.56 Å². The number of benzene rings is 3. The van der Waals surface area contributed by atoms with Gasteiger partial charge in [0, 0.05) is 20.9 Å². The molecule has 0 heterocycles. The summed E-state index contributed by atoms with van der Waals surface area (Å²) in [7, 11) is -2.89. The van der Waals surface area contributed by atoms with Gasteiger partial charge in [-0.3, -0.25) is 0 Å². The van der Waals surface area contributed by atoms with Crippen molar-refractivity contribution in [3.8, 4) is 0 Å². The summed E-state index contributed by atoms with van der Waals surface area (Å²) in [5.74, 6) is 0. The standard InChI is InChI=1S/C19H16ClOP/c1-15-7-5-6-10-19(15)22(21,17-8-3-2-4-9-17)18-13-11-16(20)12-14-18/h2-14H,1H3. The molecule has 0 amide bonds. The summed E-state index contributed by atoms with van der Waals surface area (Å²) in [5, 5.41) is 3.17. The Bertz CT molecular complexity index is 826. The lowest BCUT2D eigenvalue weighted by Gasteiger charge is -2.21. The first-order valence-electron chi connectivity index (χ1n) is 7.10. The van der Waals surface area contributed by atoms with E-state index in [2.05, 4.69) is 0 Å². The molecule has 0 radical (unpaired) electrons. The Morgan fingerprint density at radius 1 is 0.727 bits per heavy atom. The van der Waals surface area contributed by atoms with Crippen LogP contribution in [0.25, 0.3) is 0 Å². The molecule has 0 saturated heterocycles. The summed E-state index contributed by atoms with van der Waals surface area (Å²) < 4.78 is 14.1. The van der Waals surface area contributed by atoms with E-state index >= 15 is 0 Å². The van der Waals surface area contributed by atoms with Crippen molar-refractivity contribution in [2.24, 2.45) is 0 Å². The summed E-state index contributed by atoms with van der Waals surface area (Å²) >= 11 is 6.00. The van der Waals surface area contributed by atoms with Crippen LogP contribution in [0.15, 0.2) is 78.9 Å². The van der Waals surface area contributed by atoms with Crippen LogP contribution in [-0.4, -0.2) is 0 Å². The second-order valence-corrected chi connectivity index (χ2v) is 8.38. The lowest BCUT2D eigenvalue weighted by Crippen LogP contribution is -2.26. The number of halogens is 1. The minimum Gasteiger partial charge on any atom is -0.309 e. The average molecular weight is 327 g/mol. The molecule has 3 aromatic rings. The Morgan fingerprint density at radius 3 is 1.91 bits per heavy atom. The van der Waals surface area contributed by atoms with Gasteiger partial charge >= 0.3 is 0 Å². The lowest BCUT2D eigenvalue weighted by molar-refractivity contribution is 0.592. The van der Waals surface area contributed by atoms with Gasteiger partial charge in [-0.2, -0.15) is 0 Å². The Labute approximate surface area is 136 Å². The van der Waals surface area contributed by atoms with Crippen molar-refractivity contribution in [3.63, 3.8) is 0 Å². The van der Waals surface area contributed by atoms with Crippen LogP contribution < -0.4 is 15.9 Å². The van der Waals surface area contributed by atoms with Gasteiger partial charge in [0.25, 0.3) is 0 Å². The van der Waals surface area contributed by atoms with Crippen molar-refractivity contribution in [1.82, 2.24) is 0 Å². The smallest absolute Gasteiger partial charge is 0.171 e. The molecule has 1 atom stereocenters. The van der Waals surface area contributed by atoms with E-state index < -0.39 is 7.14 Å². The summed E-state index contributed by atoms with van der Waals surface area (Å²) in [6.45, 7) is 2.00. The summed E-state index contributed by atoms with van der Waals surface area (Å²) in [6, 6.07) is 24.8. The summed E-state index contributed by atoms with van der Waals surface area (Å²) in [4.78, 5) is 0. The van der Waals surface area contributed by atoms with Gasteiger partial charge in [-0.25, -0.2) is 0 Å². The van der Waals surface area contributed by atoms with E-state index in [4.69, 9.17) is 11.6 Å². The van der Waals surface area contributed by atoms with E-state index in [1.165, 1.54) is 0 Å². The number of hydrogen-bond acceptors (Lipinski definition) is 1. The van der Waals surface area contributed by atoms with E-state index in [-0.39, 0.29) is 0 Å². The van der Waals surface area contributed by atoms with Gasteiger partial charge in [0.15, 0.2) is 7.14 Å². The Morgan fingerprint density at radius 2 is 1.27 bits per heavy atom. The normalized spacial score (nSPS) is 13.5. The van der Waals surface area contributed by atoms with Crippen LogP contribution in [0, 0.1) is 6.92 Å². The van der Waals surface area contributed by atoms with E-state index in [0.29, 0.717) is 5.02 Å². The topological polar surface area (TPSA) is 17.1 Å². The highest BCUT2D eigenvalue weighted by atomic mass is 35.5. The first-order valence-corrected chi connectivity index (χ1v) is 9.19. The van der Waals surface area contributed by atoms with Crippen LogP contribution in [0.3, 0.4) is 0 Å². The second kappa shape index (κ2) is 6.12. The first-order chi connectivity index (χ1) is 10.6. The summed E-state index contributed by atoms with van der Waals surface area (Å²) in [5.41, 5.74) is 1.03. The van der Waals surface area contributed by atoms with Crippen LogP contribution in [0.5, 0.6) is 0 Å². The minimum atomic E-state index is -2.89. The van der Waals surface area contributed by atoms with Gasteiger partial charge in [-0.05, 0) is 36.8 Å². The molecule has 0 aromatic heterocycles. The third-order valence-electron chi connectivity index (χ3n) is 3.76. The van der Waals surface area contributed by atoms with Gasteiger partial charge in [-0.15, -0.1) is 0 Å². The third kappa shape index (κ3) is 2.63. The molecular formula is C19H16ClOP. The number of aryl methyl sites for hydroxylation is 1. The van der Waals surface area contributed by atoms with Gasteiger partial charge in [-0.1, -0.05) is 66.2 Å². The molecule has 0 aliphatic rings. The molecule has 22 heavy (non-hydrogen) atoms. The van der Waals surface area contributed by atoms with Crippen molar-refractivity contribution in [2.75, 3.05) is 0 Å². The molecule has 3 rings (SSSR count). The van der Waals surface area contributed by atoms with Gasteiger partial charge < -0.3 is 4.57 Å². The van der Waals surface area contributed by atoms with Crippen molar-refractivity contribution >= 4 is 34.7 Å². The van der Waals surface area contributed by atoms with Crippen molar-refractivity contribution < 1.29 is 4.57 Å². The van der Waals surface area contributed by atoms with Crippen LogP contribution in [0.2, 0.25) is 5.02 Å². The van der Waals surface area contributed by atoms with Gasteiger partial charge in [0.05, 0.1) is 0 Å². The molecule has 3 aromatic carbocycles. The number of hydrogen-bond donors (Lipinski definition) is 0. The minimum absolute atomic E-state index is 0.646. The summed E-state index contributed by atoms with van der Waals surface area (Å²) in [6.07, 6.45) is 0. The fourth-order valence-corrected chi connectivity index (χ4v) is 5.64. The molecule has 0 aliphatic heterocycles. The molecule has 1 nitrogen and oxygen atoms in total. The molecule has 1 unspecified atom stereocenters. The van der Waals surface area contributed by atoms with E-state index in [1.54, 1.807) is 12.1 Å². The molecule has 0 bridgehead atoms. The molecular weight excluding hydrogens is 311 g/mol. The maximum absolute atomic E-state index is 14.1. The van der Waals surface area contributed by atoms with E-state index in [0.717, 1.165) is 21.5 Å². The fraction of sp³-hybridized carbons (Fsp3) is 0.0526. The van der Waals surface area contributed by atoms with E-state index in [1.807, 2.05) is 73.7 Å². The lowest BCUT2D eigenvalue weighted by atomic mass is 10.2. The van der Waals surface area contributed by atoms with Crippen LogP contribution >= 0.6 is 18.7 Å². The number of rotatable bonds is 3. The highest BCUT2D eigenvalue weighted by molar-refractivity contribution is 7.85. The van der Waals surface area contributed by atoms with Gasteiger partial charge in [0.2, 0.25) is 0 Å². The Hall–Kier alpha value is -1.82. The monoisotopic (exact) mass is 326 g/mol. The highest BCUT2D eigenvalue weighted by Gasteiger charge is 2.30. The molecule has 0 fully saturated rings. The third-order valence-corrected chi connectivity index (χ3v) is 7.25. The van der Waals surface area contributed by atoms with Crippen LogP contribution in [0.4, 0.5) is 0 Å². The van der Waals surface area contributed by atoms with Crippen molar-refractivity contribution in [2.45, 2.75) is 6.92 Å². The maximum Gasteiger partial charge on any atom is 0.171 e. The van der Waals surface area contributed by atoms with Crippen LogP contribution in [-0.2, 0) is 4.57 Å². The van der Waals surface area contributed by atoms with Crippen molar-refractivity contribution in [1.29, 1.82) is 0 Å². The second-order valence-electron chi connectivity index (χ2n) is 5.21. The highest BCUT2D eigenvalue weighted by Crippen LogP contribution is 2.43. The molecule has 0 saturated carbocycles. The largest absolute Gasteiger partial charge is 0.309 e. The Kier molecular flexibility index (Phi) is 4.20. The zero-order valence-corrected chi connectivity index (χ0v) is 13.9. The quantitative estimate of drug-likeness (QED) is 0.656. The molecule has 0 spiro atoms. The molecule has 110 valence electrons. The molecule has 3 heteroatoms. The van der Waals surface area contributed by atoms with Gasteiger partial charge in [0.1, 0.15) is 0 Å². The first kappa shape index (κ1) is 15.1. The zero-order valence-electron chi connectivity index (χ0n) is 12.2. The predicted molar refractivity (Wildman–Crippen MR) is 95.6 cm³/mol. The molecule has 0 aliphatic carbocycles. The molecule has 0 N–H and O–H groups in total. The maximum atomic E-state index is 14.1. The van der Waals surface area contributed by atoms with E-state index in [9.17, 15) is 4.57 Å². The zero-order chi connectivity index (χ0) is 15.6. The SMILES string of the molecule is Cc1ccccc1P(=O)(c1ccccc1)c1ccc(Cl)cc1.